The highest BCUT2D eigenvalue weighted by Gasteiger charge is 2.21. The zero-order valence-corrected chi connectivity index (χ0v) is 14.4. The molecule has 128 valence electrons. The second-order valence-corrected chi connectivity index (χ2v) is 6.22. The quantitative estimate of drug-likeness (QED) is 0.710. The van der Waals surface area contributed by atoms with E-state index in [4.69, 9.17) is 0 Å². The molecule has 1 heterocycles. The maximum Gasteiger partial charge on any atom is 0.220 e. The van der Waals surface area contributed by atoms with E-state index in [1.54, 1.807) is 0 Å². The van der Waals surface area contributed by atoms with E-state index in [0.717, 1.165) is 45.7 Å². The molecule has 1 saturated heterocycles. The van der Waals surface area contributed by atoms with Gasteiger partial charge in [0.05, 0.1) is 0 Å². The number of rotatable bonds is 8. The van der Waals surface area contributed by atoms with Crippen LogP contribution in [0.3, 0.4) is 0 Å². The van der Waals surface area contributed by atoms with Crippen molar-refractivity contribution in [3.8, 4) is 0 Å². The van der Waals surface area contributed by atoms with E-state index in [0.29, 0.717) is 12.5 Å². The predicted molar refractivity (Wildman–Crippen MR) is 95.9 cm³/mol. The predicted octanol–water partition coefficient (Wildman–Crippen LogP) is 1.31. The largest absolute Gasteiger partial charge is 0.369 e. The second kappa shape index (κ2) is 9.53. The zero-order valence-electron chi connectivity index (χ0n) is 14.4. The van der Waals surface area contributed by atoms with Gasteiger partial charge in [-0.1, -0.05) is 18.2 Å². The van der Waals surface area contributed by atoms with Gasteiger partial charge in [0.2, 0.25) is 5.91 Å². The number of anilines is 1. The van der Waals surface area contributed by atoms with E-state index in [1.165, 1.54) is 5.69 Å². The van der Waals surface area contributed by atoms with Crippen LogP contribution in [-0.4, -0.2) is 63.2 Å². The van der Waals surface area contributed by atoms with Crippen molar-refractivity contribution in [1.82, 2.24) is 15.5 Å². The molecule has 0 saturated carbocycles. The van der Waals surface area contributed by atoms with Crippen molar-refractivity contribution in [2.24, 2.45) is 0 Å². The van der Waals surface area contributed by atoms with Crippen molar-refractivity contribution < 1.29 is 4.79 Å². The van der Waals surface area contributed by atoms with Gasteiger partial charge in [0.25, 0.3) is 0 Å². The number of carbonyl (C=O) groups is 1. The molecule has 1 aromatic carbocycles. The first kappa shape index (κ1) is 17.8. The van der Waals surface area contributed by atoms with E-state index in [1.807, 2.05) is 7.05 Å². The third-order valence-corrected chi connectivity index (χ3v) is 4.48. The number of carbonyl (C=O) groups excluding carboxylic acids is 1. The maximum absolute atomic E-state index is 11.8. The zero-order chi connectivity index (χ0) is 16.5. The summed E-state index contributed by atoms with van der Waals surface area (Å²) in [5.41, 5.74) is 1.30. The highest BCUT2D eigenvalue weighted by molar-refractivity contribution is 5.75. The summed E-state index contributed by atoms with van der Waals surface area (Å²) in [7, 11) is 1.91. The number of hydrogen-bond acceptors (Lipinski definition) is 4. The molecule has 1 aromatic rings. The number of para-hydroxylation sites is 1. The van der Waals surface area contributed by atoms with Crippen molar-refractivity contribution >= 4 is 11.6 Å². The van der Waals surface area contributed by atoms with Gasteiger partial charge in [-0.3, -0.25) is 9.69 Å². The van der Waals surface area contributed by atoms with Crippen LogP contribution < -0.4 is 15.5 Å². The summed E-state index contributed by atoms with van der Waals surface area (Å²) in [6.07, 6.45) is 1.50. The molecule has 0 aliphatic carbocycles. The Morgan fingerprint density at radius 3 is 2.52 bits per heavy atom. The molecule has 1 atom stereocenters. The molecule has 2 rings (SSSR count). The highest BCUT2D eigenvalue weighted by atomic mass is 16.1. The Morgan fingerprint density at radius 1 is 1.17 bits per heavy atom. The summed E-state index contributed by atoms with van der Waals surface area (Å²) in [5, 5.41) is 6.12. The standard InChI is InChI=1S/C18H30N4O/c1-16(15-20-18(23)9-6-10-19-2)21-11-13-22(14-12-21)17-7-4-3-5-8-17/h3-5,7-8,16,19H,6,9-15H2,1-2H3,(H,20,23). The van der Waals surface area contributed by atoms with E-state index in [2.05, 4.69) is 57.7 Å². The van der Waals surface area contributed by atoms with E-state index >= 15 is 0 Å². The van der Waals surface area contributed by atoms with Gasteiger partial charge in [0, 0.05) is 50.9 Å². The lowest BCUT2D eigenvalue weighted by atomic mass is 10.2. The number of nitrogens with zero attached hydrogens (tertiary/aromatic N) is 2. The summed E-state index contributed by atoms with van der Waals surface area (Å²) in [6, 6.07) is 11.0. The van der Waals surface area contributed by atoms with Gasteiger partial charge in [-0.2, -0.15) is 0 Å². The van der Waals surface area contributed by atoms with E-state index in [9.17, 15) is 4.79 Å². The van der Waals surface area contributed by atoms with Gasteiger partial charge < -0.3 is 15.5 Å². The average Bonchev–Trinajstić information content (AvgIpc) is 2.61. The lowest BCUT2D eigenvalue weighted by Crippen LogP contribution is -2.52. The molecular weight excluding hydrogens is 288 g/mol. The van der Waals surface area contributed by atoms with Crippen LogP contribution in [0, 0.1) is 0 Å². The minimum Gasteiger partial charge on any atom is -0.369 e. The SMILES string of the molecule is CNCCCC(=O)NCC(C)N1CCN(c2ccccc2)CC1. The fourth-order valence-electron chi connectivity index (χ4n) is 2.96. The average molecular weight is 318 g/mol. The molecule has 0 aromatic heterocycles. The molecule has 1 aliphatic rings. The molecule has 2 N–H and O–H groups in total. The highest BCUT2D eigenvalue weighted by Crippen LogP contribution is 2.16. The molecule has 1 fully saturated rings. The Kier molecular flexibility index (Phi) is 7.36. The minimum atomic E-state index is 0.162. The lowest BCUT2D eigenvalue weighted by Gasteiger charge is -2.39. The first-order chi connectivity index (χ1) is 11.2. The summed E-state index contributed by atoms with van der Waals surface area (Å²) >= 11 is 0. The molecule has 1 aliphatic heterocycles. The molecule has 5 heteroatoms. The van der Waals surface area contributed by atoms with E-state index < -0.39 is 0 Å². The van der Waals surface area contributed by atoms with Gasteiger partial charge >= 0.3 is 0 Å². The van der Waals surface area contributed by atoms with Crippen LogP contribution in [0.2, 0.25) is 0 Å². The summed E-state index contributed by atoms with van der Waals surface area (Å²) in [4.78, 5) is 16.7. The van der Waals surface area contributed by atoms with Crippen LogP contribution in [0.5, 0.6) is 0 Å². The van der Waals surface area contributed by atoms with Crippen LogP contribution in [-0.2, 0) is 4.79 Å². The molecule has 23 heavy (non-hydrogen) atoms. The van der Waals surface area contributed by atoms with Crippen LogP contribution in [0.1, 0.15) is 19.8 Å². The molecule has 5 nitrogen and oxygen atoms in total. The Bertz CT molecular complexity index is 457. The molecule has 0 radical (unpaired) electrons. The number of amides is 1. The van der Waals surface area contributed by atoms with Crippen molar-refractivity contribution in [3.05, 3.63) is 30.3 Å². The molecule has 0 bridgehead atoms. The molecule has 1 unspecified atom stereocenters. The van der Waals surface area contributed by atoms with Gasteiger partial charge in [-0.05, 0) is 39.1 Å². The molecular formula is C18H30N4O. The third kappa shape index (κ3) is 5.84. The van der Waals surface area contributed by atoms with Crippen molar-refractivity contribution in [2.45, 2.75) is 25.8 Å². The number of hydrogen-bond donors (Lipinski definition) is 2. The third-order valence-electron chi connectivity index (χ3n) is 4.48. The summed E-state index contributed by atoms with van der Waals surface area (Å²) in [5.74, 6) is 0.162. The number of nitrogens with one attached hydrogen (secondary N) is 2. The Morgan fingerprint density at radius 2 is 1.87 bits per heavy atom. The Balaban J connectivity index is 1.67. The second-order valence-electron chi connectivity index (χ2n) is 6.22. The van der Waals surface area contributed by atoms with Crippen molar-refractivity contribution in [3.63, 3.8) is 0 Å². The first-order valence-electron chi connectivity index (χ1n) is 8.66. The summed E-state index contributed by atoms with van der Waals surface area (Å²) < 4.78 is 0. The topological polar surface area (TPSA) is 47.6 Å². The maximum atomic E-state index is 11.8. The summed E-state index contributed by atoms with van der Waals surface area (Å²) in [6.45, 7) is 8.02. The van der Waals surface area contributed by atoms with E-state index in [-0.39, 0.29) is 5.91 Å². The van der Waals surface area contributed by atoms with Gasteiger partial charge in [-0.25, -0.2) is 0 Å². The fraction of sp³-hybridized carbons (Fsp3) is 0.611. The van der Waals surface area contributed by atoms with Crippen LogP contribution in [0.4, 0.5) is 5.69 Å². The minimum absolute atomic E-state index is 0.162. The Labute approximate surface area is 140 Å². The fourth-order valence-corrected chi connectivity index (χ4v) is 2.96. The number of piperazine rings is 1. The lowest BCUT2D eigenvalue weighted by molar-refractivity contribution is -0.121. The van der Waals surface area contributed by atoms with Crippen LogP contribution in [0.25, 0.3) is 0 Å². The monoisotopic (exact) mass is 318 g/mol. The van der Waals surface area contributed by atoms with Gasteiger partial charge in [0.15, 0.2) is 0 Å². The normalized spacial score (nSPS) is 17.0. The number of benzene rings is 1. The van der Waals surface area contributed by atoms with Gasteiger partial charge in [0.1, 0.15) is 0 Å². The molecule has 0 spiro atoms. The van der Waals surface area contributed by atoms with Gasteiger partial charge in [-0.15, -0.1) is 0 Å². The van der Waals surface area contributed by atoms with Crippen molar-refractivity contribution in [1.29, 1.82) is 0 Å². The Hall–Kier alpha value is -1.59. The smallest absolute Gasteiger partial charge is 0.220 e. The van der Waals surface area contributed by atoms with Crippen molar-refractivity contribution in [2.75, 3.05) is 51.2 Å². The first-order valence-corrected chi connectivity index (χ1v) is 8.66. The van der Waals surface area contributed by atoms with Crippen LogP contribution >= 0.6 is 0 Å². The molecule has 1 amide bonds. The van der Waals surface area contributed by atoms with Crippen LogP contribution in [0.15, 0.2) is 30.3 Å².